The van der Waals surface area contributed by atoms with Gasteiger partial charge in [-0.3, -0.25) is 4.99 Å². The van der Waals surface area contributed by atoms with Crippen molar-refractivity contribution in [3.8, 4) is 0 Å². The van der Waals surface area contributed by atoms with Crippen LogP contribution in [0.1, 0.15) is 26.2 Å². The molecule has 170 valence electrons. The number of benzene rings is 1. The van der Waals surface area contributed by atoms with E-state index < -0.39 is 0 Å². The summed E-state index contributed by atoms with van der Waals surface area (Å²) in [7, 11) is 0. The lowest BCUT2D eigenvalue weighted by Crippen LogP contribution is -2.52. The summed E-state index contributed by atoms with van der Waals surface area (Å²) >= 11 is 0. The predicted octanol–water partition coefficient (Wildman–Crippen LogP) is 3.36. The third kappa shape index (κ3) is 8.19. The first-order chi connectivity index (χ1) is 14.3. The fraction of sp³-hybridized carbons (Fsp3) is 0.682. The molecule has 3 rings (SSSR count). The van der Waals surface area contributed by atoms with Crippen LogP contribution in [0.2, 0.25) is 0 Å². The Hall–Kier alpha value is -1.13. The first-order valence-corrected chi connectivity index (χ1v) is 11.0. The van der Waals surface area contributed by atoms with Crippen LogP contribution in [-0.2, 0) is 9.47 Å². The molecule has 0 aromatic heterocycles. The molecule has 0 unspecified atom stereocenters. The lowest BCUT2D eigenvalue weighted by molar-refractivity contribution is 0.0205. The van der Waals surface area contributed by atoms with Gasteiger partial charge in [0.15, 0.2) is 5.96 Å². The molecule has 2 heterocycles. The molecule has 0 radical (unpaired) electrons. The molecule has 8 heteroatoms. The summed E-state index contributed by atoms with van der Waals surface area (Å²) in [5.74, 6) is 1.45. The van der Waals surface area contributed by atoms with Crippen molar-refractivity contribution in [2.45, 2.75) is 26.2 Å². The molecule has 0 spiro atoms. The second kappa shape index (κ2) is 14.0. The maximum Gasteiger partial charge on any atom is 0.194 e. The van der Waals surface area contributed by atoms with Gasteiger partial charge in [-0.05, 0) is 56.4 Å². The number of hydrogen-bond acceptors (Lipinski definition) is 4. The predicted molar refractivity (Wildman–Crippen MR) is 131 cm³/mol. The first kappa shape index (κ1) is 25.1. The van der Waals surface area contributed by atoms with Crippen molar-refractivity contribution < 1.29 is 13.9 Å². The van der Waals surface area contributed by atoms with Crippen LogP contribution in [0.25, 0.3) is 0 Å². The third-order valence-corrected chi connectivity index (χ3v) is 5.51. The zero-order valence-electron chi connectivity index (χ0n) is 18.0. The molecule has 2 aliphatic rings. The Morgan fingerprint density at radius 1 is 1.17 bits per heavy atom. The van der Waals surface area contributed by atoms with Gasteiger partial charge in [0.1, 0.15) is 5.82 Å². The fourth-order valence-corrected chi connectivity index (χ4v) is 3.77. The van der Waals surface area contributed by atoms with Crippen molar-refractivity contribution in [3.05, 3.63) is 30.1 Å². The highest BCUT2D eigenvalue weighted by Crippen LogP contribution is 2.17. The highest BCUT2D eigenvalue weighted by atomic mass is 127. The molecule has 2 fully saturated rings. The number of aliphatic imine (C=N–C) groups is 1. The highest BCUT2D eigenvalue weighted by Gasteiger charge is 2.20. The Labute approximate surface area is 197 Å². The van der Waals surface area contributed by atoms with E-state index in [-0.39, 0.29) is 29.8 Å². The summed E-state index contributed by atoms with van der Waals surface area (Å²) < 4.78 is 24.4. The van der Waals surface area contributed by atoms with Crippen LogP contribution in [0.4, 0.5) is 10.1 Å². The molecule has 0 aliphatic carbocycles. The van der Waals surface area contributed by atoms with Gasteiger partial charge in [0.2, 0.25) is 0 Å². The van der Waals surface area contributed by atoms with Gasteiger partial charge in [-0.25, -0.2) is 4.39 Å². The van der Waals surface area contributed by atoms with E-state index in [9.17, 15) is 4.39 Å². The van der Waals surface area contributed by atoms with Crippen molar-refractivity contribution in [1.82, 2.24) is 10.2 Å². The molecule has 0 saturated carbocycles. The second-order valence-electron chi connectivity index (χ2n) is 7.67. The molecule has 1 aromatic rings. The van der Waals surface area contributed by atoms with Gasteiger partial charge >= 0.3 is 0 Å². The van der Waals surface area contributed by atoms with Crippen LogP contribution < -0.4 is 10.2 Å². The van der Waals surface area contributed by atoms with Gasteiger partial charge in [-0.1, -0.05) is 0 Å². The number of piperazine rings is 1. The van der Waals surface area contributed by atoms with E-state index in [0.717, 1.165) is 96.6 Å². The summed E-state index contributed by atoms with van der Waals surface area (Å²) in [6.45, 7) is 10.7. The Balaban J connectivity index is 0.00000320. The van der Waals surface area contributed by atoms with Gasteiger partial charge < -0.3 is 24.6 Å². The molecule has 30 heavy (non-hydrogen) atoms. The monoisotopic (exact) mass is 534 g/mol. The zero-order chi connectivity index (χ0) is 20.3. The molecular weight excluding hydrogens is 498 g/mol. The van der Waals surface area contributed by atoms with Crippen molar-refractivity contribution in [2.75, 3.05) is 70.6 Å². The number of halogens is 2. The minimum atomic E-state index is -0.189. The van der Waals surface area contributed by atoms with Gasteiger partial charge in [-0.15, -0.1) is 24.0 Å². The van der Waals surface area contributed by atoms with Crippen molar-refractivity contribution in [2.24, 2.45) is 10.9 Å². The minimum absolute atomic E-state index is 0. The summed E-state index contributed by atoms with van der Waals surface area (Å²) in [6.07, 6.45) is 3.17. The van der Waals surface area contributed by atoms with Crippen LogP contribution in [0, 0.1) is 11.7 Å². The van der Waals surface area contributed by atoms with Crippen molar-refractivity contribution in [1.29, 1.82) is 0 Å². The van der Waals surface area contributed by atoms with E-state index in [1.54, 1.807) is 0 Å². The topological polar surface area (TPSA) is 49.3 Å². The molecule has 2 aliphatic heterocycles. The van der Waals surface area contributed by atoms with Gasteiger partial charge in [0.25, 0.3) is 0 Å². The molecule has 0 atom stereocenters. The first-order valence-electron chi connectivity index (χ1n) is 11.0. The fourth-order valence-electron chi connectivity index (χ4n) is 3.77. The van der Waals surface area contributed by atoms with Crippen LogP contribution in [0.5, 0.6) is 0 Å². The van der Waals surface area contributed by atoms with Crippen molar-refractivity contribution in [3.63, 3.8) is 0 Å². The van der Waals surface area contributed by atoms with Crippen LogP contribution in [0.3, 0.4) is 0 Å². The van der Waals surface area contributed by atoms with Crippen LogP contribution >= 0.6 is 24.0 Å². The van der Waals surface area contributed by atoms with Crippen molar-refractivity contribution >= 4 is 35.6 Å². The standard InChI is InChI=1S/C22H35FN4O2.HI/c1-2-24-22(25-10-3-15-29-18-19-8-16-28-17-9-19)27-13-11-26(12-14-27)21-6-4-20(23)5-7-21;/h4-7,19H,2-3,8-18H2,1H3,(H,24,25);1H. The average molecular weight is 534 g/mol. The zero-order valence-corrected chi connectivity index (χ0v) is 20.4. The number of nitrogens with zero attached hydrogens (tertiary/aromatic N) is 3. The Bertz CT molecular complexity index is 618. The number of guanidine groups is 1. The summed E-state index contributed by atoms with van der Waals surface area (Å²) in [5, 5.41) is 3.41. The molecular formula is C22H36FIN4O2. The third-order valence-electron chi connectivity index (χ3n) is 5.51. The minimum Gasteiger partial charge on any atom is -0.381 e. The van der Waals surface area contributed by atoms with E-state index in [1.807, 2.05) is 12.1 Å². The number of nitrogens with one attached hydrogen (secondary N) is 1. The highest BCUT2D eigenvalue weighted by molar-refractivity contribution is 14.0. The molecule has 1 N–H and O–H groups in total. The number of hydrogen-bond donors (Lipinski definition) is 1. The number of anilines is 1. The van der Waals surface area contributed by atoms with E-state index >= 15 is 0 Å². The second-order valence-corrected chi connectivity index (χ2v) is 7.67. The maximum absolute atomic E-state index is 13.1. The Morgan fingerprint density at radius 2 is 1.87 bits per heavy atom. The summed E-state index contributed by atoms with van der Waals surface area (Å²) in [5.41, 5.74) is 1.08. The molecule has 1 aromatic carbocycles. The van der Waals surface area contributed by atoms with E-state index in [1.165, 1.54) is 12.1 Å². The average Bonchev–Trinajstić information content (AvgIpc) is 2.77. The quantitative estimate of drug-likeness (QED) is 0.240. The van der Waals surface area contributed by atoms with Gasteiger partial charge in [0, 0.05) is 71.4 Å². The SMILES string of the molecule is CCNC(=NCCCOCC1CCOCC1)N1CCN(c2ccc(F)cc2)CC1.I. The maximum atomic E-state index is 13.1. The van der Waals surface area contributed by atoms with Crippen LogP contribution in [0.15, 0.2) is 29.3 Å². The summed E-state index contributed by atoms with van der Waals surface area (Å²) in [6, 6.07) is 6.75. The Kier molecular flexibility index (Phi) is 11.8. The smallest absolute Gasteiger partial charge is 0.194 e. The van der Waals surface area contributed by atoms with Gasteiger partial charge in [0.05, 0.1) is 0 Å². The van der Waals surface area contributed by atoms with Crippen LogP contribution in [-0.4, -0.2) is 76.6 Å². The molecule has 2 saturated heterocycles. The number of ether oxygens (including phenoxy) is 2. The Morgan fingerprint density at radius 3 is 2.53 bits per heavy atom. The van der Waals surface area contributed by atoms with Gasteiger partial charge in [-0.2, -0.15) is 0 Å². The van der Waals surface area contributed by atoms with E-state index in [0.29, 0.717) is 5.92 Å². The largest absolute Gasteiger partial charge is 0.381 e. The van der Waals surface area contributed by atoms with E-state index in [4.69, 9.17) is 14.5 Å². The molecule has 6 nitrogen and oxygen atoms in total. The lowest BCUT2D eigenvalue weighted by atomic mass is 10.0. The van der Waals surface area contributed by atoms with E-state index in [2.05, 4.69) is 22.0 Å². The summed E-state index contributed by atoms with van der Waals surface area (Å²) in [4.78, 5) is 9.40. The lowest BCUT2D eigenvalue weighted by Gasteiger charge is -2.37. The normalized spacial score (nSPS) is 18.3. The molecule has 0 bridgehead atoms. The molecule has 0 amide bonds. The number of rotatable bonds is 8.